The summed E-state index contributed by atoms with van der Waals surface area (Å²) in [6.45, 7) is 7.71. The third kappa shape index (κ3) is 6.47. The average Bonchev–Trinajstić information content (AvgIpc) is 1.98. The number of nitrogens with two attached hydrogens (primary N) is 1. The lowest BCUT2D eigenvalue weighted by Crippen LogP contribution is -2.47. The summed E-state index contributed by atoms with van der Waals surface area (Å²) in [5.41, 5.74) is 4.89. The Kier molecular flexibility index (Phi) is 5.24. The highest BCUT2D eigenvalue weighted by Crippen LogP contribution is 2.08. The van der Waals surface area contributed by atoms with Gasteiger partial charge in [0, 0.05) is 13.6 Å². The van der Waals surface area contributed by atoms with Crippen LogP contribution in [-0.4, -0.2) is 41.1 Å². The van der Waals surface area contributed by atoms with Gasteiger partial charge in [0.1, 0.15) is 0 Å². The minimum absolute atomic E-state index is 0.106. The summed E-state index contributed by atoms with van der Waals surface area (Å²) < 4.78 is 0. The molecule has 0 aliphatic carbocycles. The summed E-state index contributed by atoms with van der Waals surface area (Å²) in [5.74, 6) is 0.297. The number of hydrogen-bond acceptors (Lipinski definition) is 3. The monoisotopic (exact) mass is 216 g/mol. The summed E-state index contributed by atoms with van der Waals surface area (Å²) in [7, 11) is 1.67. The minimum atomic E-state index is -0.873. The van der Waals surface area contributed by atoms with Crippen LogP contribution < -0.4 is 5.73 Å². The summed E-state index contributed by atoms with van der Waals surface area (Å²) in [6, 6.07) is -0.461. The first-order valence-electron chi connectivity index (χ1n) is 5.36. The average molecular weight is 216 g/mol. The fraction of sp³-hybridized carbons (Fsp3) is 0.909. The Morgan fingerprint density at radius 3 is 2.27 bits per heavy atom. The van der Waals surface area contributed by atoms with E-state index in [9.17, 15) is 9.90 Å². The lowest BCUT2D eigenvalue weighted by atomic mass is 10.0. The molecule has 0 bridgehead atoms. The molecule has 0 aromatic carbocycles. The van der Waals surface area contributed by atoms with Gasteiger partial charge in [-0.2, -0.15) is 0 Å². The molecule has 0 rings (SSSR count). The van der Waals surface area contributed by atoms with E-state index in [0.717, 1.165) is 0 Å². The molecule has 0 aromatic rings. The first-order valence-corrected chi connectivity index (χ1v) is 5.36. The molecule has 4 heteroatoms. The van der Waals surface area contributed by atoms with Crippen LogP contribution in [0.3, 0.4) is 0 Å². The van der Waals surface area contributed by atoms with Crippen molar-refractivity contribution in [1.29, 1.82) is 0 Å². The quantitative estimate of drug-likeness (QED) is 0.707. The Bertz CT molecular complexity index is 209. The van der Waals surface area contributed by atoms with Crippen molar-refractivity contribution in [2.45, 2.75) is 45.8 Å². The van der Waals surface area contributed by atoms with Crippen LogP contribution in [0.4, 0.5) is 0 Å². The SMILES string of the molecule is CC(C)CC(N)C(=O)N(C)CC(C)(C)O. The number of carbonyl (C=O) groups excluding carboxylic acids is 1. The molecule has 0 aliphatic heterocycles. The van der Waals surface area contributed by atoms with Gasteiger partial charge in [-0.05, 0) is 26.2 Å². The van der Waals surface area contributed by atoms with Crippen molar-refractivity contribution in [3.8, 4) is 0 Å². The largest absolute Gasteiger partial charge is 0.389 e. The Balaban J connectivity index is 4.20. The number of nitrogens with zero attached hydrogens (tertiary/aromatic N) is 1. The molecule has 0 aromatic heterocycles. The fourth-order valence-corrected chi connectivity index (χ4v) is 1.55. The molecule has 1 amide bonds. The Morgan fingerprint density at radius 1 is 1.47 bits per heavy atom. The maximum absolute atomic E-state index is 11.7. The molecule has 15 heavy (non-hydrogen) atoms. The molecule has 0 saturated heterocycles. The highest BCUT2D eigenvalue weighted by Gasteiger charge is 2.23. The van der Waals surface area contributed by atoms with Crippen LogP contribution in [-0.2, 0) is 4.79 Å². The maximum atomic E-state index is 11.7. The predicted molar refractivity (Wildman–Crippen MR) is 61.4 cm³/mol. The Labute approximate surface area is 92.4 Å². The molecule has 0 fully saturated rings. The van der Waals surface area contributed by atoms with Crippen LogP contribution in [0.2, 0.25) is 0 Å². The standard InChI is InChI=1S/C11H24N2O2/c1-8(2)6-9(12)10(14)13(5)7-11(3,4)15/h8-9,15H,6-7,12H2,1-5H3. The zero-order valence-electron chi connectivity index (χ0n) is 10.4. The van der Waals surface area contributed by atoms with Crippen LogP contribution in [0.25, 0.3) is 0 Å². The maximum Gasteiger partial charge on any atom is 0.239 e. The van der Waals surface area contributed by atoms with Crippen molar-refractivity contribution in [3.05, 3.63) is 0 Å². The minimum Gasteiger partial charge on any atom is -0.389 e. The molecule has 3 N–H and O–H groups in total. The van der Waals surface area contributed by atoms with Crippen LogP contribution in [0.15, 0.2) is 0 Å². The van der Waals surface area contributed by atoms with Gasteiger partial charge in [0.05, 0.1) is 11.6 Å². The van der Waals surface area contributed by atoms with Gasteiger partial charge in [0.2, 0.25) is 5.91 Å². The van der Waals surface area contributed by atoms with E-state index in [1.807, 2.05) is 13.8 Å². The molecule has 0 spiro atoms. The molecule has 0 saturated carbocycles. The Hall–Kier alpha value is -0.610. The van der Waals surface area contributed by atoms with Crippen molar-refractivity contribution >= 4 is 5.91 Å². The molecule has 0 heterocycles. The fourth-order valence-electron chi connectivity index (χ4n) is 1.55. The topological polar surface area (TPSA) is 66.6 Å². The van der Waals surface area contributed by atoms with E-state index in [1.54, 1.807) is 20.9 Å². The van der Waals surface area contributed by atoms with Gasteiger partial charge in [-0.3, -0.25) is 4.79 Å². The molecule has 0 radical (unpaired) electrons. The normalized spacial score (nSPS) is 14.1. The smallest absolute Gasteiger partial charge is 0.239 e. The number of carbonyl (C=O) groups is 1. The van der Waals surface area contributed by atoms with E-state index >= 15 is 0 Å². The van der Waals surface area contributed by atoms with Gasteiger partial charge in [0.25, 0.3) is 0 Å². The van der Waals surface area contributed by atoms with Crippen molar-refractivity contribution in [2.75, 3.05) is 13.6 Å². The lowest BCUT2D eigenvalue weighted by molar-refractivity contribution is -0.134. The van der Waals surface area contributed by atoms with Gasteiger partial charge in [-0.1, -0.05) is 13.8 Å². The third-order valence-electron chi connectivity index (χ3n) is 2.04. The molecule has 1 atom stereocenters. The second kappa shape index (κ2) is 5.47. The third-order valence-corrected chi connectivity index (χ3v) is 2.04. The van der Waals surface area contributed by atoms with Crippen LogP contribution in [0.1, 0.15) is 34.1 Å². The van der Waals surface area contributed by atoms with E-state index in [2.05, 4.69) is 0 Å². The molecular weight excluding hydrogens is 192 g/mol. The summed E-state index contributed by atoms with van der Waals surface area (Å²) in [4.78, 5) is 13.2. The van der Waals surface area contributed by atoms with Crippen LogP contribution >= 0.6 is 0 Å². The van der Waals surface area contributed by atoms with E-state index in [-0.39, 0.29) is 5.91 Å². The highest BCUT2D eigenvalue weighted by molar-refractivity contribution is 5.81. The summed E-state index contributed by atoms with van der Waals surface area (Å²) in [5, 5.41) is 9.57. The molecular formula is C11H24N2O2. The van der Waals surface area contributed by atoms with Gasteiger partial charge in [-0.25, -0.2) is 0 Å². The zero-order valence-corrected chi connectivity index (χ0v) is 10.4. The number of rotatable bonds is 5. The zero-order chi connectivity index (χ0) is 12.2. The van der Waals surface area contributed by atoms with E-state index in [4.69, 9.17) is 5.73 Å². The second-order valence-corrected chi connectivity index (χ2v) is 5.24. The Morgan fingerprint density at radius 2 is 1.93 bits per heavy atom. The van der Waals surface area contributed by atoms with Crippen LogP contribution in [0, 0.1) is 5.92 Å². The highest BCUT2D eigenvalue weighted by atomic mass is 16.3. The van der Waals surface area contributed by atoms with E-state index in [0.29, 0.717) is 18.9 Å². The molecule has 0 aliphatic rings. The molecule has 90 valence electrons. The first-order chi connectivity index (χ1) is 6.63. The van der Waals surface area contributed by atoms with Gasteiger partial charge in [0.15, 0.2) is 0 Å². The van der Waals surface area contributed by atoms with Crippen molar-refractivity contribution in [3.63, 3.8) is 0 Å². The summed E-state index contributed by atoms with van der Waals surface area (Å²) >= 11 is 0. The number of aliphatic hydroxyl groups is 1. The van der Waals surface area contributed by atoms with Gasteiger partial charge in [-0.15, -0.1) is 0 Å². The summed E-state index contributed by atoms with van der Waals surface area (Å²) in [6.07, 6.45) is 0.676. The first kappa shape index (κ1) is 14.4. The van der Waals surface area contributed by atoms with Gasteiger partial charge >= 0.3 is 0 Å². The van der Waals surface area contributed by atoms with Crippen LogP contribution in [0.5, 0.6) is 0 Å². The van der Waals surface area contributed by atoms with Crippen molar-refractivity contribution in [2.24, 2.45) is 11.7 Å². The van der Waals surface area contributed by atoms with Crippen molar-refractivity contribution in [1.82, 2.24) is 4.90 Å². The predicted octanol–water partition coefficient (Wildman–Crippen LogP) is 0.589. The lowest BCUT2D eigenvalue weighted by Gasteiger charge is -2.28. The number of likely N-dealkylation sites (N-methyl/N-ethyl adjacent to an activating group) is 1. The van der Waals surface area contributed by atoms with E-state index < -0.39 is 11.6 Å². The second-order valence-electron chi connectivity index (χ2n) is 5.24. The molecule has 4 nitrogen and oxygen atoms in total. The molecule has 1 unspecified atom stereocenters. The van der Waals surface area contributed by atoms with Gasteiger partial charge < -0.3 is 15.7 Å². The number of amides is 1. The van der Waals surface area contributed by atoms with E-state index in [1.165, 1.54) is 4.90 Å². The van der Waals surface area contributed by atoms with Crippen molar-refractivity contribution < 1.29 is 9.90 Å². The number of hydrogen-bond donors (Lipinski definition) is 2.